The Bertz CT molecular complexity index is 1300. The molecule has 1 saturated carbocycles. The molecule has 1 aromatic carbocycles. The average molecular weight is 524 g/mol. The first kappa shape index (κ1) is 25.5. The Balaban J connectivity index is 1.74. The topological polar surface area (TPSA) is 109 Å². The third-order valence-electron chi connectivity index (χ3n) is 6.32. The minimum atomic E-state index is -3.83. The van der Waals surface area contributed by atoms with E-state index in [9.17, 15) is 12.8 Å². The lowest BCUT2D eigenvalue weighted by Crippen LogP contribution is -2.30. The lowest BCUT2D eigenvalue weighted by molar-refractivity contribution is 0.0948. The average Bonchev–Trinajstić information content (AvgIpc) is 3.19. The van der Waals surface area contributed by atoms with Gasteiger partial charge in [0.25, 0.3) is 0 Å². The van der Waals surface area contributed by atoms with Gasteiger partial charge < -0.3 is 9.47 Å². The third-order valence-corrected chi connectivity index (χ3v) is 8.55. The zero-order valence-corrected chi connectivity index (χ0v) is 21.4. The highest BCUT2D eigenvalue weighted by molar-refractivity contribution is 7.91. The van der Waals surface area contributed by atoms with Gasteiger partial charge in [0.15, 0.2) is 21.5 Å². The van der Waals surface area contributed by atoms with Crippen LogP contribution in [-0.2, 0) is 20.3 Å². The third kappa shape index (κ3) is 5.03. The number of nitrogens with zero attached hydrogens (tertiary/aromatic N) is 5. The minimum Gasteiger partial charge on any atom is -0.495 e. The molecule has 3 aromatic rings. The number of methoxy groups -OCH3 is 2. The molecule has 0 unspecified atom stereocenters. The number of ether oxygens (including phenoxy) is 2. The molecule has 35 heavy (non-hydrogen) atoms. The van der Waals surface area contributed by atoms with Crippen molar-refractivity contribution in [2.75, 3.05) is 14.2 Å². The molecule has 2 heterocycles. The van der Waals surface area contributed by atoms with Crippen LogP contribution in [-0.4, -0.2) is 58.8 Å². The highest BCUT2D eigenvalue weighted by Crippen LogP contribution is 2.41. The van der Waals surface area contributed by atoms with E-state index in [2.05, 4.69) is 20.2 Å². The number of aryl methyl sites for hydroxylation is 1. The lowest BCUT2D eigenvalue weighted by Gasteiger charge is -2.30. The fourth-order valence-corrected chi connectivity index (χ4v) is 5.77. The van der Waals surface area contributed by atoms with Crippen LogP contribution in [0, 0.1) is 6.92 Å². The smallest absolute Gasteiger partial charge is 0.163 e. The fraction of sp³-hybridized carbons (Fsp3) is 0.478. The van der Waals surface area contributed by atoms with Crippen LogP contribution in [0.5, 0.6) is 5.75 Å². The molecular formula is C23H27ClFN5O4S. The van der Waals surface area contributed by atoms with Crippen molar-refractivity contribution in [3.05, 3.63) is 58.7 Å². The van der Waals surface area contributed by atoms with Gasteiger partial charge in [0.1, 0.15) is 29.6 Å². The number of alkyl halides is 1. The Morgan fingerprint density at radius 2 is 1.89 bits per heavy atom. The zero-order valence-electron chi connectivity index (χ0n) is 19.9. The van der Waals surface area contributed by atoms with Crippen LogP contribution in [0.25, 0.3) is 5.69 Å². The van der Waals surface area contributed by atoms with Gasteiger partial charge in [0.05, 0.1) is 23.1 Å². The first-order valence-corrected chi connectivity index (χ1v) is 13.2. The summed E-state index contributed by atoms with van der Waals surface area (Å²) in [5.41, 5.74) is 1.48. The fourth-order valence-electron chi connectivity index (χ4n) is 4.25. The van der Waals surface area contributed by atoms with Gasteiger partial charge in [0, 0.05) is 25.4 Å². The molecule has 1 aliphatic rings. The number of hydrogen-bond acceptors (Lipinski definition) is 8. The Hall–Kier alpha value is -2.63. The molecule has 0 saturated heterocycles. The van der Waals surface area contributed by atoms with Gasteiger partial charge in [-0.3, -0.25) is 4.57 Å². The predicted octanol–water partition coefficient (Wildman–Crippen LogP) is 3.93. The zero-order chi connectivity index (χ0) is 25.3. The number of para-hydroxylation sites is 1. The van der Waals surface area contributed by atoms with Crippen molar-refractivity contribution in [2.45, 2.75) is 55.9 Å². The van der Waals surface area contributed by atoms with Gasteiger partial charge in [0.2, 0.25) is 0 Å². The molecule has 0 amide bonds. The molecule has 0 radical (unpaired) electrons. The van der Waals surface area contributed by atoms with Gasteiger partial charge >= 0.3 is 0 Å². The van der Waals surface area contributed by atoms with Crippen LogP contribution < -0.4 is 4.74 Å². The largest absolute Gasteiger partial charge is 0.495 e. The molecule has 1 fully saturated rings. The molecule has 12 heteroatoms. The van der Waals surface area contributed by atoms with Crippen LogP contribution >= 0.6 is 11.6 Å². The molecule has 2 aromatic heterocycles. The van der Waals surface area contributed by atoms with Crippen molar-refractivity contribution in [2.24, 2.45) is 0 Å². The molecule has 2 atom stereocenters. The number of halogens is 2. The normalized spacial score (nSPS) is 19.7. The number of aromatic nitrogens is 5. The number of sulfone groups is 1. The van der Waals surface area contributed by atoms with Crippen LogP contribution in [0.15, 0.2) is 30.6 Å². The second kappa shape index (κ2) is 10.2. The van der Waals surface area contributed by atoms with Crippen molar-refractivity contribution in [1.29, 1.82) is 0 Å². The van der Waals surface area contributed by atoms with E-state index in [1.807, 2.05) is 19.1 Å². The molecule has 0 N–H and O–H groups in total. The molecular weight excluding hydrogens is 497 g/mol. The van der Waals surface area contributed by atoms with E-state index >= 15 is 0 Å². The molecule has 0 spiro atoms. The van der Waals surface area contributed by atoms with Crippen LogP contribution in [0.3, 0.4) is 0 Å². The molecule has 0 bridgehead atoms. The summed E-state index contributed by atoms with van der Waals surface area (Å²) in [5.74, 6) is 0.905. The van der Waals surface area contributed by atoms with E-state index in [4.69, 9.17) is 21.1 Å². The standard InChI is InChI=1S/C23H27ClFN5O4S/c1-13-6-5-7-18(33-3)20(13)30-19(28-29-23(30)15-8-17(25)9-15)12-35(31,32)14(2)21(34-4)22-26-10-16(24)11-27-22/h5-7,10-11,14-15,17,21H,8-9,12H2,1-4H3/t14-,15?,17?,21-/m0/s1. The summed E-state index contributed by atoms with van der Waals surface area (Å²) in [5, 5.41) is 7.87. The molecule has 1 aliphatic carbocycles. The van der Waals surface area contributed by atoms with E-state index in [0.29, 0.717) is 35.1 Å². The van der Waals surface area contributed by atoms with Gasteiger partial charge in [-0.2, -0.15) is 0 Å². The maximum absolute atomic E-state index is 13.7. The SMILES string of the molecule is COc1cccc(C)c1-n1c(CS(=O)(=O)[C@@H](C)[C@H](OC)c2ncc(Cl)cn2)nnc1C1CC(F)C1. The van der Waals surface area contributed by atoms with Gasteiger partial charge in [-0.1, -0.05) is 23.7 Å². The van der Waals surface area contributed by atoms with E-state index < -0.39 is 33.1 Å². The Kier molecular flexibility index (Phi) is 7.39. The lowest BCUT2D eigenvalue weighted by atomic mass is 9.83. The maximum Gasteiger partial charge on any atom is 0.163 e. The summed E-state index contributed by atoms with van der Waals surface area (Å²) < 4.78 is 53.5. The maximum atomic E-state index is 13.7. The van der Waals surface area contributed by atoms with Crippen molar-refractivity contribution in [1.82, 2.24) is 24.7 Å². The second-order valence-electron chi connectivity index (χ2n) is 8.63. The van der Waals surface area contributed by atoms with E-state index in [-0.39, 0.29) is 17.6 Å². The van der Waals surface area contributed by atoms with Crippen LogP contribution in [0.2, 0.25) is 5.02 Å². The Morgan fingerprint density at radius 1 is 1.20 bits per heavy atom. The predicted molar refractivity (Wildman–Crippen MR) is 128 cm³/mol. The molecule has 9 nitrogen and oxygen atoms in total. The van der Waals surface area contributed by atoms with Gasteiger partial charge in [-0.15, -0.1) is 10.2 Å². The quantitative estimate of drug-likeness (QED) is 0.415. The van der Waals surface area contributed by atoms with Crippen molar-refractivity contribution in [3.63, 3.8) is 0 Å². The summed E-state index contributed by atoms with van der Waals surface area (Å²) in [6, 6.07) is 5.51. The summed E-state index contributed by atoms with van der Waals surface area (Å²) in [6.45, 7) is 3.43. The number of rotatable bonds is 9. The van der Waals surface area contributed by atoms with E-state index in [1.54, 1.807) is 10.6 Å². The van der Waals surface area contributed by atoms with Crippen molar-refractivity contribution < 1.29 is 22.3 Å². The van der Waals surface area contributed by atoms with Gasteiger partial charge in [-0.05, 0) is 38.3 Å². The summed E-state index contributed by atoms with van der Waals surface area (Å²) >= 11 is 5.87. The molecule has 188 valence electrons. The molecule has 0 aliphatic heterocycles. The first-order chi connectivity index (χ1) is 16.7. The van der Waals surface area contributed by atoms with Crippen LogP contribution in [0.4, 0.5) is 4.39 Å². The monoisotopic (exact) mass is 523 g/mol. The molecule has 4 rings (SSSR count). The van der Waals surface area contributed by atoms with Crippen molar-refractivity contribution >= 4 is 21.4 Å². The highest BCUT2D eigenvalue weighted by Gasteiger charge is 2.38. The first-order valence-electron chi connectivity index (χ1n) is 11.1. The summed E-state index contributed by atoms with van der Waals surface area (Å²) in [6.07, 6.45) is 1.58. The Morgan fingerprint density at radius 3 is 2.49 bits per heavy atom. The number of benzene rings is 1. The van der Waals surface area contributed by atoms with Crippen LogP contribution in [0.1, 0.15) is 54.8 Å². The summed E-state index contributed by atoms with van der Waals surface area (Å²) in [4.78, 5) is 8.25. The minimum absolute atomic E-state index is 0.162. The van der Waals surface area contributed by atoms with E-state index in [1.165, 1.54) is 33.5 Å². The summed E-state index contributed by atoms with van der Waals surface area (Å²) in [7, 11) is -0.895. The Labute approximate surface area is 208 Å². The highest BCUT2D eigenvalue weighted by atomic mass is 35.5. The number of hydrogen-bond donors (Lipinski definition) is 0. The second-order valence-corrected chi connectivity index (χ2v) is 11.4. The van der Waals surface area contributed by atoms with Gasteiger partial charge in [-0.25, -0.2) is 22.8 Å². The van der Waals surface area contributed by atoms with Crippen molar-refractivity contribution in [3.8, 4) is 11.4 Å². The van der Waals surface area contributed by atoms with E-state index in [0.717, 1.165) is 5.56 Å².